The van der Waals surface area contributed by atoms with Gasteiger partial charge in [0.1, 0.15) is 5.82 Å². The highest BCUT2D eigenvalue weighted by atomic mass is 35.5. The van der Waals surface area contributed by atoms with Gasteiger partial charge in [0.2, 0.25) is 0 Å². The molecule has 0 aliphatic carbocycles. The fourth-order valence-electron chi connectivity index (χ4n) is 2.87. The molecule has 2 aromatic rings. The summed E-state index contributed by atoms with van der Waals surface area (Å²) in [4.78, 5) is 14.1. The number of nitrogens with zero attached hydrogens (tertiary/aromatic N) is 4. The molecule has 0 unspecified atom stereocenters. The molecule has 6 nitrogen and oxygen atoms in total. The van der Waals surface area contributed by atoms with Crippen molar-refractivity contribution in [3.63, 3.8) is 0 Å². The number of carbonyl (C=O) groups excluding carboxylic acids is 1. The van der Waals surface area contributed by atoms with Gasteiger partial charge >= 0.3 is 0 Å². The summed E-state index contributed by atoms with van der Waals surface area (Å²) in [6.07, 6.45) is 4.41. The Labute approximate surface area is 152 Å². The van der Waals surface area contributed by atoms with Crippen molar-refractivity contribution in [2.75, 3.05) is 26.7 Å². The molecule has 0 radical (unpaired) electrons. The molecule has 3 rings (SSSR count). The molecule has 25 heavy (non-hydrogen) atoms. The molecule has 0 bridgehead atoms. The predicted molar refractivity (Wildman–Crippen MR) is 95.5 cm³/mol. The minimum absolute atomic E-state index is 0. The van der Waals surface area contributed by atoms with Crippen LogP contribution in [0.3, 0.4) is 0 Å². The molecular formula is C17H23ClFN5O. The van der Waals surface area contributed by atoms with Gasteiger partial charge in [0.05, 0.1) is 12.2 Å². The minimum atomic E-state index is -0.252. The molecule has 1 N–H and O–H groups in total. The summed E-state index contributed by atoms with van der Waals surface area (Å²) < 4.78 is 14.7. The molecule has 1 fully saturated rings. The number of nitrogens with one attached hydrogen (secondary N) is 1. The van der Waals surface area contributed by atoms with Crippen LogP contribution in [0.4, 0.5) is 4.39 Å². The first-order valence-electron chi connectivity index (χ1n) is 8.26. The molecule has 0 saturated carbocycles. The molecule has 1 aliphatic rings. The van der Waals surface area contributed by atoms with Crippen molar-refractivity contribution in [3.05, 3.63) is 47.5 Å². The van der Waals surface area contributed by atoms with Crippen LogP contribution in [0.1, 0.15) is 34.9 Å². The minimum Gasteiger partial charge on any atom is -0.340 e. The van der Waals surface area contributed by atoms with Crippen LogP contribution in [0.15, 0.2) is 30.5 Å². The van der Waals surface area contributed by atoms with Gasteiger partial charge in [-0.05, 0) is 50.0 Å². The number of hydrogen-bond donors (Lipinski definition) is 1. The standard InChI is InChI=1S/C17H22FN5O.ClH/c1-22(11-8-13-2-4-14(18)5-3-13)17(24)16-12-23(21-20-16)15-6-9-19-10-7-15;/h2-5,12,15,19H,6-11H2,1H3;1H. The second-order valence-corrected chi connectivity index (χ2v) is 6.17. The van der Waals surface area contributed by atoms with E-state index in [4.69, 9.17) is 0 Å². The molecule has 1 aliphatic heterocycles. The summed E-state index contributed by atoms with van der Waals surface area (Å²) in [7, 11) is 1.75. The normalized spacial score (nSPS) is 14.8. The van der Waals surface area contributed by atoms with Gasteiger partial charge in [-0.2, -0.15) is 0 Å². The SMILES string of the molecule is CN(CCc1ccc(F)cc1)C(=O)c1cn(C2CCNCC2)nn1.Cl. The zero-order valence-electron chi connectivity index (χ0n) is 14.2. The van der Waals surface area contributed by atoms with Gasteiger partial charge in [0, 0.05) is 13.6 Å². The zero-order valence-corrected chi connectivity index (χ0v) is 15.0. The lowest BCUT2D eigenvalue weighted by atomic mass is 10.1. The van der Waals surface area contributed by atoms with E-state index in [-0.39, 0.29) is 24.1 Å². The highest BCUT2D eigenvalue weighted by molar-refractivity contribution is 5.91. The fourth-order valence-corrected chi connectivity index (χ4v) is 2.87. The summed E-state index contributed by atoms with van der Waals surface area (Å²) in [5.41, 5.74) is 1.37. The monoisotopic (exact) mass is 367 g/mol. The Morgan fingerprint density at radius 1 is 1.32 bits per heavy atom. The van der Waals surface area contributed by atoms with Crippen LogP contribution in [-0.2, 0) is 6.42 Å². The van der Waals surface area contributed by atoms with Crippen LogP contribution >= 0.6 is 12.4 Å². The first-order chi connectivity index (χ1) is 11.6. The Bertz CT molecular complexity index is 685. The van der Waals surface area contributed by atoms with E-state index in [9.17, 15) is 9.18 Å². The average Bonchev–Trinajstić information content (AvgIpc) is 3.11. The lowest BCUT2D eigenvalue weighted by Gasteiger charge is -2.22. The molecule has 136 valence electrons. The summed E-state index contributed by atoms with van der Waals surface area (Å²) in [6, 6.07) is 6.65. The molecule has 2 heterocycles. The van der Waals surface area contributed by atoms with Gasteiger partial charge in [-0.3, -0.25) is 4.79 Å². The van der Waals surface area contributed by atoms with E-state index >= 15 is 0 Å². The third kappa shape index (κ3) is 4.99. The van der Waals surface area contributed by atoms with Crippen molar-refractivity contribution >= 4 is 18.3 Å². The number of carbonyl (C=O) groups is 1. The number of benzene rings is 1. The fraction of sp³-hybridized carbons (Fsp3) is 0.471. The maximum atomic E-state index is 12.9. The van der Waals surface area contributed by atoms with Crippen LogP contribution in [0.2, 0.25) is 0 Å². The van der Waals surface area contributed by atoms with E-state index in [0.29, 0.717) is 24.7 Å². The Balaban J connectivity index is 0.00000225. The second-order valence-electron chi connectivity index (χ2n) is 6.17. The molecule has 1 amide bonds. The quantitative estimate of drug-likeness (QED) is 0.878. The predicted octanol–water partition coefficient (Wildman–Crippen LogP) is 2.08. The average molecular weight is 368 g/mol. The van der Waals surface area contributed by atoms with Crippen molar-refractivity contribution < 1.29 is 9.18 Å². The van der Waals surface area contributed by atoms with Gasteiger partial charge in [0.15, 0.2) is 5.69 Å². The maximum absolute atomic E-state index is 12.9. The second kappa shape index (κ2) is 8.92. The summed E-state index contributed by atoms with van der Waals surface area (Å²) in [6.45, 7) is 2.47. The van der Waals surface area contributed by atoms with Gasteiger partial charge < -0.3 is 10.2 Å². The molecule has 8 heteroatoms. The number of likely N-dealkylation sites (N-methyl/N-ethyl adjacent to an activating group) is 1. The Kier molecular flexibility index (Phi) is 6.90. The highest BCUT2D eigenvalue weighted by Gasteiger charge is 2.20. The van der Waals surface area contributed by atoms with Gasteiger partial charge in [0.25, 0.3) is 5.91 Å². The number of halogens is 2. The summed E-state index contributed by atoms with van der Waals surface area (Å²) in [5, 5.41) is 11.5. The Morgan fingerprint density at radius 3 is 2.68 bits per heavy atom. The Morgan fingerprint density at radius 2 is 2.00 bits per heavy atom. The lowest BCUT2D eigenvalue weighted by molar-refractivity contribution is 0.0790. The van der Waals surface area contributed by atoms with Crippen molar-refractivity contribution in [1.82, 2.24) is 25.2 Å². The van der Waals surface area contributed by atoms with Crippen molar-refractivity contribution in [3.8, 4) is 0 Å². The van der Waals surface area contributed by atoms with Crippen LogP contribution < -0.4 is 5.32 Å². The number of amides is 1. The third-order valence-corrected chi connectivity index (χ3v) is 4.41. The van der Waals surface area contributed by atoms with E-state index in [2.05, 4.69) is 15.6 Å². The van der Waals surface area contributed by atoms with Gasteiger partial charge in [-0.15, -0.1) is 17.5 Å². The van der Waals surface area contributed by atoms with Crippen LogP contribution in [-0.4, -0.2) is 52.5 Å². The van der Waals surface area contributed by atoms with E-state index in [0.717, 1.165) is 31.5 Å². The number of piperidine rings is 1. The lowest BCUT2D eigenvalue weighted by Crippen LogP contribution is -2.30. The van der Waals surface area contributed by atoms with E-state index in [1.54, 1.807) is 30.3 Å². The van der Waals surface area contributed by atoms with Crippen LogP contribution in [0.5, 0.6) is 0 Å². The van der Waals surface area contributed by atoms with E-state index in [1.165, 1.54) is 12.1 Å². The molecular weight excluding hydrogens is 345 g/mol. The first-order valence-corrected chi connectivity index (χ1v) is 8.26. The van der Waals surface area contributed by atoms with Crippen molar-refractivity contribution in [1.29, 1.82) is 0 Å². The van der Waals surface area contributed by atoms with Gasteiger partial charge in [-0.25, -0.2) is 9.07 Å². The summed E-state index contributed by atoms with van der Waals surface area (Å²) >= 11 is 0. The number of aromatic nitrogens is 3. The van der Waals surface area contributed by atoms with Crippen LogP contribution in [0, 0.1) is 5.82 Å². The van der Waals surface area contributed by atoms with Gasteiger partial charge in [-0.1, -0.05) is 17.3 Å². The zero-order chi connectivity index (χ0) is 16.9. The number of hydrogen-bond acceptors (Lipinski definition) is 4. The smallest absolute Gasteiger partial charge is 0.275 e. The largest absolute Gasteiger partial charge is 0.340 e. The number of rotatable bonds is 5. The van der Waals surface area contributed by atoms with Crippen LogP contribution in [0.25, 0.3) is 0 Å². The van der Waals surface area contributed by atoms with E-state index in [1.807, 2.05) is 4.68 Å². The third-order valence-electron chi connectivity index (χ3n) is 4.41. The molecule has 1 saturated heterocycles. The molecule has 1 aromatic carbocycles. The Hall–Kier alpha value is -1.99. The molecule has 0 atom stereocenters. The first kappa shape index (κ1) is 19.3. The van der Waals surface area contributed by atoms with Crippen molar-refractivity contribution in [2.45, 2.75) is 25.3 Å². The topological polar surface area (TPSA) is 63.1 Å². The summed E-state index contributed by atoms with van der Waals surface area (Å²) in [5.74, 6) is -0.394. The maximum Gasteiger partial charge on any atom is 0.275 e. The van der Waals surface area contributed by atoms with E-state index < -0.39 is 0 Å². The molecule has 1 aromatic heterocycles. The highest BCUT2D eigenvalue weighted by Crippen LogP contribution is 2.17. The molecule has 0 spiro atoms. The van der Waals surface area contributed by atoms with Crippen molar-refractivity contribution in [2.24, 2.45) is 0 Å².